The van der Waals surface area contributed by atoms with Crippen LogP contribution in [-0.4, -0.2) is 62.3 Å². The number of methoxy groups -OCH3 is 1. The van der Waals surface area contributed by atoms with Crippen LogP contribution in [0.25, 0.3) is 11.1 Å². The minimum absolute atomic E-state index is 0.0383. The molecule has 0 spiro atoms. The van der Waals surface area contributed by atoms with Gasteiger partial charge in [0.25, 0.3) is 0 Å². The molecular weight excluding hydrogens is 540 g/mol. The van der Waals surface area contributed by atoms with E-state index < -0.39 is 29.2 Å². The van der Waals surface area contributed by atoms with Gasteiger partial charge >= 0.3 is 6.09 Å². The number of rotatable bonds is 10. The van der Waals surface area contributed by atoms with E-state index in [0.717, 1.165) is 43.9 Å². The molecule has 2 fully saturated rings. The highest BCUT2D eigenvalue weighted by atomic mass is 19.1. The molecule has 2 aromatic rings. The summed E-state index contributed by atoms with van der Waals surface area (Å²) < 4.78 is 35.1. The van der Waals surface area contributed by atoms with Gasteiger partial charge in [0.2, 0.25) is 5.91 Å². The molecule has 9 heteroatoms. The van der Waals surface area contributed by atoms with E-state index in [1.165, 1.54) is 13.2 Å². The van der Waals surface area contributed by atoms with Gasteiger partial charge in [0.05, 0.1) is 12.7 Å². The largest absolute Gasteiger partial charge is 0.453 e. The molecule has 0 unspecified atom stereocenters. The van der Waals surface area contributed by atoms with Gasteiger partial charge in [0.1, 0.15) is 11.6 Å². The van der Waals surface area contributed by atoms with Gasteiger partial charge in [0, 0.05) is 43.1 Å². The average Bonchev–Trinajstić information content (AvgIpc) is 2.99. The van der Waals surface area contributed by atoms with E-state index in [4.69, 9.17) is 0 Å². The number of ether oxygens (including phenoxy) is 1. The lowest BCUT2D eigenvalue weighted by molar-refractivity contribution is -0.142. The Kier molecular flexibility index (Phi) is 11.0. The summed E-state index contributed by atoms with van der Waals surface area (Å²) in [5, 5.41) is 18.4. The first-order chi connectivity index (χ1) is 20.2. The van der Waals surface area contributed by atoms with E-state index in [9.17, 15) is 19.1 Å². The third-order valence-corrected chi connectivity index (χ3v) is 9.11. The molecule has 1 aliphatic carbocycles. The van der Waals surface area contributed by atoms with Crippen LogP contribution >= 0.6 is 0 Å². The van der Waals surface area contributed by atoms with Crippen LogP contribution in [0.1, 0.15) is 62.5 Å². The number of nitrogens with zero attached hydrogens (tertiary/aromatic N) is 1. The SMILES string of the molecule is CNC[C@H]1CC[C@H](C(=O)N2CCC[C@@H]([C@@](O)(CCCNC(=O)OC)c3cc(F)cc(F)c3-c3cccc(C)c3)C2)CC1. The van der Waals surface area contributed by atoms with Gasteiger partial charge in [-0.2, -0.15) is 0 Å². The van der Waals surface area contributed by atoms with Crippen molar-refractivity contribution in [3.05, 3.63) is 59.2 Å². The number of halogens is 2. The third kappa shape index (κ3) is 7.48. The maximum atomic E-state index is 15.6. The van der Waals surface area contributed by atoms with Crippen molar-refractivity contribution < 1.29 is 28.2 Å². The van der Waals surface area contributed by atoms with E-state index in [-0.39, 0.29) is 35.9 Å². The van der Waals surface area contributed by atoms with E-state index in [2.05, 4.69) is 15.4 Å². The van der Waals surface area contributed by atoms with Crippen molar-refractivity contribution in [3.8, 4) is 11.1 Å². The Morgan fingerprint density at radius 3 is 2.57 bits per heavy atom. The molecule has 4 rings (SSSR count). The summed E-state index contributed by atoms with van der Waals surface area (Å²) in [5.74, 6) is -1.31. The number of benzene rings is 2. The molecule has 1 aliphatic heterocycles. The lowest BCUT2D eigenvalue weighted by Crippen LogP contribution is -2.50. The van der Waals surface area contributed by atoms with E-state index in [1.807, 2.05) is 37.1 Å². The first-order valence-electron chi connectivity index (χ1n) is 15.2. The second-order valence-corrected chi connectivity index (χ2v) is 12.0. The van der Waals surface area contributed by atoms with E-state index in [0.29, 0.717) is 43.8 Å². The quantitative estimate of drug-likeness (QED) is 0.319. The van der Waals surface area contributed by atoms with Gasteiger partial charge < -0.3 is 25.4 Å². The van der Waals surface area contributed by atoms with Crippen LogP contribution in [0.15, 0.2) is 36.4 Å². The Morgan fingerprint density at radius 1 is 1.12 bits per heavy atom. The van der Waals surface area contributed by atoms with Gasteiger partial charge in [-0.3, -0.25) is 4.79 Å². The van der Waals surface area contributed by atoms with Crippen LogP contribution in [0, 0.1) is 36.3 Å². The molecule has 2 amide bonds. The average molecular weight is 586 g/mol. The molecule has 1 heterocycles. The Morgan fingerprint density at radius 2 is 1.88 bits per heavy atom. The Bertz CT molecular complexity index is 1230. The number of hydrogen-bond acceptors (Lipinski definition) is 5. The number of nitrogens with one attached hydrogen (secondary N) is 2. The monoisotopic (exact) mass is 585 g/mol. The van der Waals surface area contributed by atoms with Gasteiger partial charge in [-0.25, -0.2) is 13.6 Å². The molecule has 1 saturated heterocycles. The number of piperidine rings is 1. The number of likely N-dealkylation sites (tertiary alicyclic amines) is 1. The first-order valence-corrected chi connectivity index (χ1v) is 15.2. The summed E-state index contributed by atoms with van der Waals surface area (Å²) in [5.41, 5.74) is 0.149. The van der Waals surface area contributed by atoms with Gasteiger partial charge in [-0.15, -0.1) is 0 Å². The zero-order valence-corrected chi connectivity index (χ0v) is 25.1. The van der Waals surface area contributed by atoms with Crippen molar-refractivity contribution in [2.24, 2.45) is 17.8 Å². The molecule has 3 N–H and O–H groups in total. The molecule has 1 saturated carbocycles. The standard InChI is InChI=1S/C33H45F2N3O4/c1-22-7-4-8-25(17-22)30-28(18-27(34)19-29(30)35)33(41,14-6-15-37-32(40)42-3)26-9-5-16-38(21-26)31(39)24-12-10-23(11-13-24)20-36-2/h4,7-8,17-19,23-24,26,36,41H,5-6,9-16,20-21H2,1-3H3,(H,37,40)/t23-,24-,26-,33+/m1/s1. The fourth-order valence-electron chi connectivity index (χ4n) is 6.92. The first kappa shape index (κ1) is 31.9. The molecule has 7 nitrogen and oxygen atoms in total. The highest BCUT2D eigenvalue weighted by Crippen LogP contribution is 2.45. The van der Waals surface area contributed by atoms with Crippen molar-refractivity contribution in [2.75, 3.05) is 40.3 Å². The van der Waals surface area contributed by atoms with Crippen molar-refractivity contribution in [1.82, 2.24) is 15.5 Å². The van der Waals surface area contributed by atoms with E-state index >= 15 is 4.39 Å². The smallest absolute Gasteiger partial charge is 0.406 e. The van der Waals surface area contributed by atoms with E-state index in [1.54, 1.807) is 6.07 Å². The number of alkyl carbamates (subject to hydrolysis) is 1. The predicted octanol–water partition coefficient (Wildman–Crippen LogP) is 5.53. The molecule has 230 valence electrons. The Labute approximate surface area is 248 Å². The number of amides is 2. The summed E-state index contributed by atoms with van der Waals surface area (Å²) in [6, 6.07) is 9.36. The van der Waals surface area contributed by atoms with Crippen LogP contribution in [0.4, 0.5) is 13.6 Å². The Hall–Kier alpha value is -3.04. The molecule has 0 bridgehead atoms. The maximum Gasteiger partial charge on any atom is 0.406 e. The van der Waals surface area contributed by atoms with Crippen molar-refractivity contribution in [2.45, 2.75) is 63.9 Å². The zero-order chi connectivity index (χ0) is 30.3. The predicted molar refractivity (Wildman–Crippen MR) is 159 cm³/mol. The summed E-state index contributed by atoms with van der Waals surface area (Å²) >= 11 is 0. The zero-order valence-electron chi connectivity index (χ0n) is 25.1. The van der Waals surface area contributed by atoms with Crippen LogP contribution in [-0.2, 0) is 15.1 Å². The number of aryl methyl sites for hydroxylation is 1. The maximum absolute atomic E-state index is 15.6. The lowest BCUT2D eigenvalue weighted by Gasteiger charge is -2.44. The highest BCUT2D eigenvalue weighted by Gasteiger charge is 2.44. The summed E-state index contributed by atoms with van der Waals surface area (Å²) in [6.45, 7) is 3.98. The summed E-state index contributed by atoms with van der Waals surface area (Å²) in [6.07, 6.45) is 4.90. The van der Waals surface area contributed by atoms with Crippen LogP contribution in [0.2, 0.25) is 0 Å². The number of hydrogen-bond donors (Lipinski definition) is 3. The van der Waals surface area contributed by atoms with Crippen LogP contribution in [0.3, 0.4) is 0 Å². The molecule has 0 aromatic heterocycles. The number of aliphatic hydroxyl groups is 1. The molecule has 2 aromatic carbocycles. The van der Waals surface area contributed by atoms with Gasteiger partial charge in [-0.1, -0.05) is 29.8 Å². The lowest BCUT2D eigenvalue weighted by atomic mass is 9.71. The minimum atomic E-state index is -1.65. The molecule has 2 atom stereocenters. The normalized spacial score (nSPS) is 22.3. The fraction of sp³-hybridized carbons (Fsp3) is 0.576. The molecular formula is C33H45F2N3O4. The molecule has 2 aliphatic rings. The molecule has 42 heavy (non-hydrogen) atoms. The number of carbonyl (C=O) groups excluding carboxylic acids is 2. The Balaban J connectivity index is 1.65. The second kappa shape index (κ2) is 14.4. The topological polar surface area (TPSA) is 90.9 Å². The highest BCUT2D eigenvalue weighted by molar-refractivity contribution is 5.79. The van der Waals surface area contributed by atoms with Crippen molar-refractivity contribution in [1.29, 1.82) is 0 Å². The van der Waals surface area contributed by atoms with Crippen LogP contribution in [0.5, 0.6) is 0 Å². The number of carbonyl (C=O) groups is 2. The van der Waals surface area contributed by atoms with Gasteiger partial charge in [0.15, 0.2) is 0 Å². The second-order valence-electron chi connectivity index (χ2n) is 12.0. The van der Waals surface area contributed by atoms with Crippen molar-refractivity contribution in [3.63, 3.8) is 0 Å². The van der Waals surface area contributed by atoms with Crippen LogP contribution < -0.4 is 10.6 Å². The summed E-state index contributed by atoms with van der Waals surface area (Å²) in [7, 11) is 3.22. The third-order valence-electron chi connectivity index (χ3n) is 9.11. The minimum Gasteiger partial charge on any atom is -0.453 e. The van der Waals surface area contributed by atoms with Gasteiger partial charge in [-0.05, 0) is 95.0 Å². The summed E-state index contributed by atoms with van der Waals surface area (Å²) in [4.78, 5) is 27.2. The molecule has 0 radical (unpaired) electrons. The van der Waals surface area contributed by atoms with Crippen molar-refractivity contribution >= 4 is 12.0 Å². The fourth-order valence-corrected chi connectivity index (χ4v) is 6.92.